The Hall–Kier alpha value is -2.40. The van der Waals surface area contributed by atoms with E-state index in [1.54, 1.807) is 23.3 Å². The van der Waals surface area contributed by atoms with Crippen LogP contribution in [0.1, 0.15) is 16.1 Å². The van der Waals surface area contributed by atoms with Crippen molar-refractivity contribution in [2.75, 3.05) is 14.2 Å². The van der Waals surface area contributed by atoms with Crippen molar-refractivity contribution in [3.05, 3.63) is 58.6 Å². The fourth-order valence-corrected chi connectivity index (χ4v) is 3.64. The maximum atomic E-state index is 12.6. The summed E-state index contributed by atoms with van der Waals surface area (Å²) in [4.78, 5) is 18.9. The van der Waals surface area contributed by atoms with Crippen LogP contribution in [0.2, 0.25) is 0 Å². The SMILES string of the molecule is COc1ccc(C)cc1CC(=O)N(C)Cc1nc2ccccc2s1. The minimum Gasteiger partial charge on any atom is -0.496 e. The Kier molecular flexibility index (Phi) is 4.81. The van der Waals surface area contributed by atoms with Gasteiger partial charge in [0.15, 0.2) is 0 Å². The van der Waals surface area contributed by atoms with Crippen LogP contribution < -0.4 is 4.74 Å². The number of aromatic nitrogens is 1. The van der Waals surface area contributed by atoms with Gasteiger partial charge in [0.2, 0.25) is 5.91 Å². The summed E-state index contributed by atoms with van der Waals surface area (Å²) in [6.45, 7) is 2.53. The number of hydrogen-bond donors (Lipinski definition) is 0. The molecule has 0 radical (unpaired) electrons. The number of hydrogen-bond acceptors (Lipinski definition) is 4. The number of benzene rings is 2. The van der Waals surface area contributed by atoms with Gasteiger partial charge in [0, 0.05) is 12.6 Å². The summed E-state index contributed by atoms with van der Waals surface area (Å²) < 4.78 is 6.51. The number of aryl methyl sites for hydroxylation is 1. The molecule has 0 N–H and O–H groups in total. The van der Waals surface area contributed by atoms with Gasteiger partial charge in [-0.1, -0.05) is 29.8 Å². The number of ether oxygens (including phenoxy) is 1. The Morgan fingerprint density at radius 2 is 2.04 bits per heavy atom. The smallest absolute Gasteiger partial charge is 0.227 e. The monoisotopic (exact) mass is 340 g/mol. The molecule has 2 aromatic carbocycles. The Labute approximate surface area is 145 Å². The minimum absolute atomic E-state index is 0.0538. The first-order chi connectivity index (χ1) is 11.6. The van der Waals surface area contributed by atoms with Gasteiger partial charge in [-0.3, -0.25) is 4.79 Å². The molecule has 0 spiro atoms. The van der Waals surface area contributed by atoms with Gasteiger partial charge >= 0.3 is 0 Å². The molecule has 0 saturated heterocycles. The zero-order chi connectivity index (χ0) is 17.1. The highest BCUT2D eigenvalue weighted by Gasteiger charge is 2.15. The molecule has 0 fully saturated rings. The van der Waals surface area contributed by atoms with E-state index in [0.717, 1.165) is 32.1 Å². The zero-order valence-corrected chi connectivity index (χ0v) is 14.9. The lowest BCUT2D eigenvalue weighted by atomic mass is 10.1. The van der Waals surface area contributed by atoms with Crippen LogP contribution in [-0.2, 0) is 17.8 Å². The molecule has 0 atom stereocenters. The number of carbonyl (C=O) groups is 1. The van der Waals surface area contributed by atoms with Gasteiger partial charge in [0.1, 0.15) is 10.8 Å². The molecule has 0 aliphatic rings. The molecular formula is C19H20N2O2S. The molecular weight excluding hydrogens is 320 g/mol. The van der Waals surface area contributed by atoms with Crippen molar-refractivity contribution >= 4 is 27.5 Å². The molecule has 0 aliphatic heterocycles. The average molecular weight is 340 g/mol. The average Bonchev–Trinajstić information content (AvgIpc) is 2.97. The molecule has 3 aromatic rings. The molecule has 0 aliphatic carbocycles. The van der Waals surface area contributed by atoms with E-state index in [1.807, 2.05) is 50.4 Å². The number of rotatable bonds is 5. The van der Waals surface area contributed by atoms with Gasteiger partial charge in [0.25, 0.3) is 0 Å². The third kappa shape index (κ3) is 3.57. The van der Waals surface area contributed by atoms with Crippen LogP contribution in [-0.4, -0.2) is 29.9 Å². The van der Waals surface area contributed by atoms with Crippen molar-refractivity contribution in [2.45, 2.75) is 19.9 Å². The number of likely N-dealkylation sites (N-methyl/N-ethyl adjacent to an activating group) is 1. The van der Waals surface area contributed by atoms with Crippen LogP contribution >= 0.6 is 11.3 Å². The number of fused-ring (bicyclic) bond motifs is 1. The highest BCUT2D eigenvalue weighted by molar-refractivity contribution is 7.18. The lowest BCUT2D eigenvalue weighted by Crippen LogP contribution is -2.27. The number of para-hydroxylation sites is 1. The molecule has 24 heavy (non-hydrogen) atoms. The summed E-state index contributed by atoms with van der Waals surface area (Å²) in [5.41, 5.74) is 3.02. The van der Waals surface area contributed by atoms with E-state index in [4.69, 9.17) is 4.74 Å². The normalized spacial score (nSPS) is 10.8. The van der Waals surface area contributed by atoms with Crippen LogP contribution in [0.15, 0.2) is 42.5 Å². The molecule has 0 unspecified atom stereocenters. The van der Waals surface area contributed by atoms with Crippen molar-refractivity contribution < 1.29 is 9.53 Å². The number of methoxy groups -OCH3 is 1. The summed E-state index contributed by atoms with van der Waals surface area (Å²) >= 11 is 1.63. The van der Waals surface area contributed by atoms with Gasteiger partial charge in [-0.15, -0.1) is 11.3 Å². The maximum absolute atomic E-state index is 12.6. The fourth-order valence-electron chi connectivity index (χ4n) is 2.62. The fraction of sp³-hybridized carbons (Fsp3) is 0.263. The zero-order valence-electron chi connectivity index (χ0n) is 14.1. The van der Waals surface area contributed by atoms with E-state index < -0.39 is 0 Å². The summed E-state index contributed by atoms with van der Waals surface area (Å²) in [6.07, 6.45) is 0.326. The Balaban J connectivity index is 1.71. The molecule has 0 bridgehead atoms. The quantitative estimate of drug-likeness (QED) is 0.709. The maximum Gasteiger partial charge on any atom is 0.227 e. The Bertz CT molecular complexity index is 840. The van der Waals surface area contributed by atoms with Crippen molar-refractivity contribution in [3.63, 3.8) is 0 Å². The Morgan fingerprint density at radius 1 is 1.25 bits per heavy atom. The third-order valence-corrected chi connectivity index (χ3v) is 4.94. The number of amides is 1. The van der Waals surface area contributed by atoms with Crippen LogP contribution in [0.25, 0.3) is 10.2 Å². The largest absolute Gasteiger partial charge is 0.496 e. The first kappa shape index (κ1) is 16.5. The lowest BCUT2D eigenvalue weighted by molar-refractivity contribution is -0.129. The second-order valence-electron chi connectivity index (χ2n) is 5.82. The second-order valence-corrected chi connectivity index (χ2v) is 6.93. The van der Waals surface area contributed by atoms with Gasteiger partial charge in [-0.2, -0.15) is 0 Å². The summed E-state index contributed by atoms with van der Waals surface area (Å²) in [5, 5.41) is 0.947. The van der Waals surface area contributed by atoms with Gasteiger partial charge < -0.3 is 9.64 Å². The van der Waals surface area contributed by atoms with Crippen LogP contribution in [0.5, 0.6) is 5.75 Å². The highest BCUT2D eigenvalue weighted by Crippen LogP contribution is 2.24. The van der Waals surface area contributed by atoms with Gasteiger partial charge in [-0.25, -0.2) is 4.98 Å². The number of nitrogens with zero attached hydrogens (tertiary/aromatic N) is 2. The highest BCUT2D eigenvalue weighted by atomic mass is 32.1. The van der Waals surface area contributed by atoms with E-state index >= 15 is 0 Å². The topological polar surface area (TPSA) is 42.4 Å². The Morgan fingerprint density at radius 3 is 2.79 bits per heavy atom. The second kappa shape index (κ2) is 7.01. The van der Waals surface area contributed by atoms with E-state index in [1.165, 1.54) is 0 Å². The molecule has 1 amide bonds. The first-order valence-corrected chi connectivity index (χ1v) is 8.60. The lowest BCUT2D eigenvalue weighted by Gasteiger charge is -2.17. The first-order valence-electron chi connectivity index (χ1n) is 7.79. The summed E-state index contributed by atoms with van der Waals surface area (Å²) in [6, 6.07) is 13.9. The summed E-state index contributed by atoms with van der Waals surface area (Å²) in [5.74, 6) is 0.806. The molecule has 124 valence electrons. The molecule has 1 heterocycles. The van der Waals surface area contributed by atoms with Crippen molar-refractivity contribution in [1.82, 2.24) is 9.88 Å². The predicted molar refractivity (Wildman–Crippen MR) is 97.5 cm³/mol. The third-order valence-electron chi connectivity index (χ3n) is 3.91. The van der Waals surface area contributed by atoms with Crippen LogP contribution in [0, 0.1) is 6.92 Å². The minimum atomic E-state index is 0.0538. The van der Waals surface area contributed by atoms with E-state index in [2.05, 4.69) is 11.1 Å². The molecule has 1 aromatic heterocycles. The molecule has 4 nitrogen and oxygen atoms in total. The van der Waals surface area contributed by atoms with Crippen LogP contribution in [0.4, 0.5) is 0 Å². The van der Waals surface area contributed by atoms with Crippen molar-refractivity contribution in [2.24, 2.45) is 0 Å². The summed E-state index contributed by atoms with van der Waals surface area (Å²) in [7, 11) is 3.44. The van der Waals surface area contributed by atoms with E-state index in [9.17, 15) is 4.79 Å². The van der Waals surface area contributed by atoms with Gasteiger partial charge in [-0.05, 0) is 25.1 Å². The van der Waals surface area contributed by atoms with E-state index in [-0.39, 0.29) is 5.91 Å². The van der Waals surface area contributed by atoms with Crippen LogP contribution in [0.3, 0.4) is 0 Å². The van der Waals surface area contributed by atoms with E-state index in [0.29, 0.717) is 13.0 Å². The van der Waals surface area contributed by atoms with Gasteiger partial charge in [0.05, 0.1) is 30.3 Å². The predicted octanol–water partition coefficient (Wildman–Crippen LogP) is 3.81. The van der Waals surface area contributed by atoms with Crippen molar-refractivity contribution in [3.8, 4) is 5.75 Å². The number of thiazole rings is 1. The molecule has 0 saturated carbocycles. The molecule has 5 heteroatoms. The van der Waals surface area contributed by atoms with Crippen molar-refractivity contribution in [1.29, 1.82) is 0 Å². The molecule has 3 rings (SSSR count). The number of carbonyl (C=O) groups excluding carboxylic acids is 1. The standard InChI is InChI=1S/C19H20N2O2S/c1-13-8-9-16(23-3)14(10-13)11-19(22)21(2)12-18-20-15-6-4-5-7-17(15)24-18/h4-10H,11-12H2,1-3H3.